The molecule has 1 N–H and O–H groups in total. The number of hydrogen-bond acceptors (Lipinski definition) is 1. The van der Waals surface area contributed by atoms with Crippen LogP contribution < -0.4 is 0 Å². The van der Waals surface area contributed by atoms with Crippen LogP contribution in [-0.4, -0.2) is 5.11 Å². The second-order valence-corrected chi connectivity index (χ2v) is 5.39. The average molecular weight is 327 g/mol. The largest absolute Gasteiger partial charge is 0.384 e. The van der Waals surface area contributed by atoms with Gasteiger partial charge in [0.05, 0.1) is 0 Å². The van der Waals surface area contributed by atoms with E-state index in [-0.39, 0.29) is 11.1 Å². The van der Waals surface area contributed by atoms with Crippen molar-refractivity contribution >= 4 is 15.9 Å². The Kier molecular flexibility index (Phi) is 4.02. The Morgan fingerprint density at radius 3 is 2.32 bits per heavy atom. The summed E-state index contributed by atoms with van der Waals surface area (Å²) in [4.78, 5) is 0. The van der Waals surface area contributed by atoms with Crippen molar-refractivity contribution in [2.24, 2.45) is 0 Å². The molecule has 0 aliphatic heterocycles. The van der Waals surface area contributed by atoms with E-state index in [0.29, 0.717) is 5.56 Å². The molecule has 0 aromatic heterocycles. The third kappa shape index (κ3) is 2.85. The first-order valence-corrected chi connectivity index (χ1v) is 6.59. The van der Waals surface area contributed by atoms with E-state index in [4.69, 9.17) is 0 Å². The highest BCUT2D eigenvalue weighted by molar-refractivity contribution is 9.10. The first-order chi connectivity index (χ1) is 8.90. The maximum atomic E-state index is 13.8. The Morgan fingerprint density at radius 1 is 1.00 bits per heavy atom. The molecular weight excluding hydrogens is 314 g/mol. The molecular formula is C15H13BrF2O. The highest BCUT2D eigenvalue weighted by atomic mass is 79.9. The number of aliphatic hydroxyl groups is 1. The molecule has 1 unspecified atom stereocenters. The van der Waals surface area contributed by atoms with Crippen molar-refractivity contribution in [3.05, 3.63) is 68.7 Å². The standard InChI is InChI=1S/C15H13BrF2O/c1-8-5-10(3-4-12(8)16)15(19)11-7-13(17)9(2)6-14(11)18/h3-7,15,19H,1-2H3. The number of halogens is 3. The zero-order valence-corrected chi connectivity index (χ0v) is 12.1. The van der Waals surface area contributed by atoms with Crippen molar-refractivity contribution < 1.29 is 13.9 Å². The van der Waals surface area contributed by atoms with Crippen LogP contribution in [0.15, 0.2) is 34.8 Å². The summed E-state index contributed by atoms with van der Waals surface area (Å²) in [7, 11) is 0. The summed E-state index contributed by atoms with van der Waals surface area (Å²) < 4.78 is 28.2. The molecule has 2 aromatic rings. The van der Waals surface area contributed by atoms with Gasteiger partial charge in [-0.2, -0.15) is 0 Å². The van der Waals surface area contributed by atoms with Gasteiger partial charge in [0.25, 0.3) is 0 Å². The molecule has 0 aliphatic rings. The monoisotopic (exact) mass is 326 g/mol. The van der Waals surface area contributed by atoms with E-state index >= 15 is 0 Å². The quantitative estimate of drug-likeness (QED) is 0.865. The maximum Gasteiger partial charge on any atom is 0.129 e. The van der Waals surface area contributed by atoms with Crippen LogP contribution in [0.3, 0.4) is 0 Å². The van der Waals surface area contributed by atoms with Gasteiger partial charge in [0.1, 0.15) is 17.7 Å². The predicted molar refractivity (Wildman–Crippen MR) is 74.0 cm³/mol. The van der Waals surface area contributed by atoms with Gasteiger partial charge in [0.2, 0.25) is 0 Å². The first-order valence-electron chi connectivity index (χ1n) is 5.80. The smallest absolute Gasteiger partial charge is 0.129 e. The van der Waals surface area contributed by atoms with Crippen molar-refractivity contribution in [1.82, 2.24) is 0 Å². The summed E-state index contributed by atoms with van der Waals surface area (Å²) in [5.41, 5.74) is 1.62. The molecule has 0 saturated heterocycles. The molecule has 0 saturated carbocycles. The predicted octanol–water partition coefficient (Wildman–Crippen LogP) is 4.43. The molecule has 19 heavy (non-hydrogen) atoms. The van der Waals surface area contributed by atoms with Crippen LogP contribution in [0.2, 0.25) is 0 Å². The zero-order valence-electron chi connectivity index (χ0n) is 10.5. The average Bonchev–Trinajstić information content (AvgIpc) is 2.36. The second-order valence-electron chi connectivity index (χ2n) is 4.53. The lowest BCUT2D eigenvalue weighted by Gasteiger charge is -2.14. The van der Waals surface area contributed by atoms with E-state index in [1.54, 1.807) is 18.2 Å². The summed E-state index contributed by atoms with van der Waals surface area (Å²) in [6.07, 6.45) is -1.18. The third-order valence-corrected chi connectivity index (χ3v) is 3.96. The van der Waals surface area contributed by atoms with E-state index in [9.17, 15) is 13.9 Å². The fourth-order valence-electron chi connectivity index (χ4n) is 1.89. The third-order valence-electron chi connectivity index (χ3n) is 3.07. The minimum absolute atomic E-state index is 0.0511. The number of hydrogen-bond donors (Lipinski definition) is 1. The molecule has 4 heteroatoms. The van der Waals surface area contributed by atoms with Crippen LogP contribution in [0.1, 0.15) is 28.4 Å². The summed E-state index contributed by atoms with van der Waals surface area (Å²) in [6, 6.07) is 7.34. The molecule has 0 radical (unpaired) electrons. The van der Waals surface area contributed by atoms with Crippen LogP contribution >= 0.6 is 15.9 Å². The van der Waals surface area contributed by atoms with Gasteiger partial charge in [-0.1, -0.05) is 28.1 Å². The Labute approximate surface area is 119 Å². The van der Waals surface area contributed by atoms with E-state index in [1.165, 1.54) is 6.92 Å². The molecule has 2 aromatic carbocycles. The van der Waals surface area contributed by atoms with Gasteiger partial charge in [-0.15, -0.1) is 0 Å². The van der Waals surface area contributed by atoms with Crippen molar-refractivity contribution in [2.75, 3.05) is 0 Å². The van der Waals surface area contributed by atoms with Crippen LogP contribution in [0.25, 0.3) is 0 Å². The topological polar surface area (TPSA) is 20.2 Å². The van der Waals surface area contributed by atoms with Gasteiger partial charge in [-0.3, -0.25) is 0 Å². The molecule has 0 amide bonds. The SMILES string of the molecule is Cc1cc(F)c(C(O)c2ccc(Br)c(C)c2)cc1F. The summed E-state index contributed by atoms with van der Waals surface area (Å²) in [5.74, 6) is -1.13. The van der Waals surface area contributed by atoms with Gasteiger partial charge < -0.3 is 5.11 Å². The maximum absolute atomic E-state index is 13.8. The Morgan fingerprint density at radius 2 is 1.68 bits per heavy atom. The molecule has 1 nitrogen and oxygen atoms in total. The van der Waals surface area contributed by atoms with Crippen molar-refractivity contribution in [3.63, 3.8) is 0 Å². The molecule has 0 heterocycles. The molecule has 0 fully saturated rings. The summed E-state index contributed by atoms with van der Waals surface area (Å²) >= 11 is 3.35. The fourth-order valence-corrected chi connectivity index (χ4v) is 2.14. The molecule has 0 spiro atoms. The molecule has 1 atom stereocenters. The lowest BCUT2D eigenvalue weighted by atomic mass is 9.98. The number of aliphatic hydroxyl groups excluding tert-OH is 1. The normalized spacial score (nSPS) is 12.5. The van der Waals surface area contributed by atoms with E-state index in [0.717, 1.165) is 22.2 Å². The van der Waals surface area contributed by atoms with E-state index < -0.39 is 17.7 Å². The Bertz CT molecular complexity index is 626. The molecule has 0 bridgehead atoms. The Hall–Kier alpha value is -1.26. The number of rotatable bonds is 2. The first kappa shape index (κ1) is 14.2. The van der Waals surface area contributed by atoms with Gasteiger partial charge in [0.15, 0.2) is 0 Å². The van der Waals surface area contributed by atoms with Crippen LogP contribution in [0.4, 0.5) is 8.78 Å². The fraction of sp³-hybridized carbons (Fsp3) is 0.200. The van der Waals surface area contributed by atoms with Crippen LogP contribution in [0.5, 0.6) is 0 Å². The van der Waals surface area contributed by atoms with E-state index in [1.807, 2.05) is 6.92 Å². The lowest BCUT2D eigenvalue weighted by molar-refractivity contribution is 0.214. The Balaban J connectivity index is 2.46. The minimum Gasteiger partial charge on any atom is -0.384 e. The van der Waals surface area contributed by atoms with Crippen molar-refractivity contribution in [1.29, 1.82) is 0 Å². The number of benzene rings is 2. The molecule has 100 valence electrons. The minimum atomic E-state index is -1.18. The lowest BCUT2D eigenvalue weighted by Crippen LogP contribution is -2.04. The highest BCUT2D eigenvalue weighted by Gasteiger charge is 2.17. The van der Waals surface area contributed by atoms with Crippen LogP contribution in [-0.2, 0) is 0 Å². The summed E-state index contributed by atoms with van der Waals surface area (Å²) in [5, 5.41) is 10.2. The van der Waals surface area contributed by atoms with Gasteiger partial charge in [-0.25, -0.2) is 8.78 Å². The second kappa shape index (κ2) is 5.39. The molecule has 2 rings (SSSR count). The number of aryl methyl sites for hydroxylation is 2. The van der Waals surface area contributed by atoms with Gasteiger partial charge in [0, 0.05) is 10.0 Å². The highest BCUT2D eigenvalue weighted by Crippen LogP contribution is 2.28. The van der Waals surface area contributed by atoms with Gasteiger partial charge >= 0.3 is 0 Å². The zero-order chi connectivity index (χ0) is 14.2. The van der Waals surface area contributed by atoms with E-state index in [2.05, 4.69) is 15.9 Å². The van der Waals surface area contributed by atoms with Crippen molar-refractivity contribution in [2.45, 2.75) is 20.0 Å². The van der Waals surface area contributed by atoms with Gasteiger partial charge in [-0.05, 0) is 48.7 Å². The van der Waals surface area contributed by atoms with Crippen molar-refractivity contribution in [3.8, 4) is 0 Å². The summed E-state index contributed by atoms with van der Waals surface area (Å²) in [6.45, 7) is 3.35. The van der Waals surface area contributed by atoms with Crippen LogP contribution in [0, 0.1) is 25.5 Å². The molecule has 0 aliphatic carbocycles.